The van der Waals surface area contributed by atoms with Gasteiger partial charge in [-0.2, -0.15) is 0 Å². The standard InChI is InChI=1S/C7H13NO3S.ClH/c9-12(10)4-1-7(6-12)5-11-3-2-8-7;/h8H,1-6H2;1H. The zero-order chi connectivity index (χ0) is 8.66. The molecular weight excluding hydrogens is 214 g/mol. The summed E-state index contributed by atoms with van der Waals surface area (Å²) in [6, 6.07) is 0. The van der Waals surface area contributed by atoms with Crippen LogP contribution in [-0.2, 0) is 14.6 Å². The molecule has 13 heavy (non-hydrogen) atoms. The summed E-state index contributed by atoms with van der Waals surface area (Å²) in [5.41, 5.74) is -0.253. The van der Waals surface area contributed by atoms with Crippen LogP contribution < -0.4 is 5.32 Å². The summed E-state index contributed by atoms with van der Waals surface area (Å²) in [5.74, 6) is 0.559. The molecule has 2 fully saturated rings. The molecule has 0 aliphatic carbocycles. The molecular formula is C7H14ClNO3S. The predicted molar refractivity (Wildman–Crippen MR) is 52.1 cm³/mol. The summed E-state index contributed by atoms with van der Waals surface area (Å²) in [6.45, 7) is 2.02. The van der Waals surface area contributed by atoms with E-state index >= 15 is 0 Å². The van der Waals surface area contributed by atoms with Crippen molar-refractivity contribution >= 4 is 22.2 Å². The van der Waals surface area contributed by atoms with Gasteiger partial charge >= 0.3 is 0 Å². The van der Waals surface area contributed by atoms with Crippen LogP contribution in [0, 0.1) is 0 Å². The lowest BCUT2D eigenvalue weighted by Crippen LogP contribution is -2.55. The third-order valence-electron chi connectivity index (χ3n) is 2.51. The average molecular weight is 228 g/mol. The highest BCUT2D eigenvalue weighted by Gasteiger charge is 2.43. The molecule has 4 nitrogen and oxygen atoms in total. The molecule has 0 bridgehead atoms. The maximum atomic E-state index is 11.2. The third-order valence-corrected chi connectivity index (χ3v) is 4.33. The fourth-order valence-electron chi connectivity index (χ4n) is 1.88. The van der Waals surface area contributed by atoms with Crippen molar-refractivity contribution in [1.29, 1.82) is 0 Å². The van der Waals surface area contributed by atoms with Crippen LogP contribution in [-0.4, -0.2) is 45.2 Å². The van der Waals surface area contributed by atoms with Crippen LogP contribution in [0.25, 0.3) is 0 Å². The lowest BCUT2D eigenvalue weighted by atomic mass is 9.99. The van der Waals surface area contributed by atoms with Gasteiger partial charge in [-0.05, 0) is 6.42 Å². The summed E-state index contributed by atoms with van der Waals surface area (Å²) in [6.07, 6.45) is 0.704. The van der Waals surface area contributed by atoms with Crippen molar-refractivity contribution in [1.82, 2.24) is 5.32 Å². The van der Waals surface area contributed by atoms with Crippen molar-refractivity contribution in [3.05, 3.63) is 0 Å². The Morgan fingerprint density at radius 3 is 2.62 bits per heavy atom. The summed E-state index contributed by atoms with van der Waals surface area (Å²) in [4.78, 5) is 0. The van der Waals surface area contributed by atoms with E-state index in [9.17, 15) is 8.42 Å². The van der Waals surface area contributed by atoms with Crippen molar-refractivity contribution < 1.29 is 13.2 Å². The van der Waals surface area contributed by atoms with E-state index in [0.29, 0.717) is 25.4 Å². The molecule has 0 aromatic carbocycles. The van der Waals surface area contributed by atoms with Crippen LogP contribution in [0.4, 0.5) is 0 Å². The zero-order valence-corrected chi connectivity index (χ0v) is 8.92. The molecule has 1 spiro atoms. The van der Waals surface area contributed by atoms with Gasteiger partial charge < -0.3 is 10.1 Å². The number of hydrogen-bond acceptors (Lipinski definition) is 4. The van der Waals surface area contributed by atoms with E-state index in [1.54, 1.807) is 0 Å². The van der Waals surface area contributed by atoms with E-state index in [1.807, 2.05) is 0 Å². The van der Waals surface area contributed by atoms with Gasteiger partial charge in [0.2, 0.25) is 0 Å². The van der Waals surface area contributed by atoms with E-state index in [-0.39, 0.29) is 23.7 Å². The molecule has 0 aromatic heterocycles. The van der Waals surface area contributed by atoms with Gasteiger partial charge in [0, 0.05) is 6.54 Å². The van der Waals surface area contributed by atoms with Crippen LogP contribution in [0.2, 0.25) is 0 Å². The summed E-state index contributed by atoms with van der Waals surface area (Å²) in [7, 11) is -2.80. The number of hydrogen-bond donors (Lipinski definition) is 1. The highest BCUT2D eigenvalue weighted by molar-refractivity contribution is 7.91. The van der Waals surface area contributed by atoms with E-state index < -0.39 is 9.84 Å². The zero-order valence-electron chi connectivity index (χ0n) is 7.28. The first kappa shape index (κ1) is 11.2. The van der Waals surface area contributed by atoms with Gasteiger partial charge in [-0.1, -0.05) is 0 Å². The van der Waals surface area contributed by atoms with Crippen LogP contribution in [0.5, 0.6) is 0 Å². The second-order valence-electron chi connectivity index (χ2n) is 3.60. The van der Waals surface area contributed by atoms with Gasteiger partial charge in [0.05, 0.1) is 30.3 Å². The minimum Gasteiger partial charge on any atom is -0.378 e. The number of nitrogens with one attached hydrogen (secondary N) is 1. The molecule has 78 valence electrons. The lowest BCUT2D eigenvalue weighted by molar-refractivity contribution is 0.0386. The van der Waals surface area contributed by atoms with Crippen LogP contribution in [0.1, 0.15) is 6.42 Å². The third kappa shape index (κ3) is 2.34. The van der Waals surface area contributed by atoms with E-state index in [1.165, 1.54) is 0 Å². The molecule has 0 aromatic rings. The van der Waals surface area contributed by atoms with Crippen molar-refractivity contribution in [2.24, 2.45) is 0 Å². The molecule has 1 atom stereocenters. The molecule has 2 saturated heterocycles. The largest absolute Gasteiger partial charge is 0.378 e. The molecule has 0 saturated carbocycles. The maximum Gasteiger partial charge on any atom is 0.152 e. The number of morpholine rings is 1. The Hall–Kier alpha value is 0.160. The molecule has 0 amide bonds. The molecule has 2 rings (SSSR count). The van der Waals surface area contributed by atoms with Gasteiger partial charge in [-0.25, -0.2) is 8.42 Å². The Morgan fingerprint density at radius 2 is 2.15 bits per heavy atom. The van der Waals surface area contributed by atoms with Gasteiger partial charge in [-0.15, -0.1) is 12.4 Å². The molecule has 1 unspecified atom stereocenters. The molecule has 2 aliphatic heterocycles. The Bertz CT molecular complexity index is 271. The quantitative estimate of drug-likeness (QED) is 0.611. The predicted octanol–water partition coefficient (Wildman–Crippen LogP) is -0.415. The monoisotopic (exact) mass is 227 g/mol. The summed E-state index contributed by atoms with van der Waals surface area (Å²) in [5, 5.41) is 3.25. The summed E-state index contributed by atoms with van der Waals surface area (Å²) >= 11 is 0. The second kappa shape index (κ2) is 3.73. The second-order valence-corrected chi connectivity index (χ2v) is 5.79. The number of sulfone groups is 1. The number of ether oxygens (including phenoxy) is 1. The first-order valence-electron chi connectivity index (χ1n) is 4.15. The fourth-order valence-corrected chi connectivity index (χ4v) is 3.89. The van der Waals surface area contributed by atoms with Crippen molar-refractivity contribution in [2.45, 2.75) is 12.0 Å². The molecule has 2 heterocycles. The highest BCUT2D eigenvalue weighted by atomic mass is 35.5. The number of halogens is 1. The van der Waals surface area contributed by atoms with Gasteiger partial charge in [0.1, 0.15) is 0 Å². The van der Waals surface area contributed by atoms with E-state index in [0.717, 1.165) is 6.54 Å². The first-order chi connectivity index (χ1) is 5.62. The average Bonchev–Trinajstić information content (AvgIpc) is 2.29. The summed E-state index contributed by atoms with van der Waals surface area (Å²) < 4.78 is 27.7. The molecule has 1 N–H and O–H groups in total. The maximum absolute atomic E-state index is 11.2. The fraction of sp³-hybridized carbons (Fsp3) is 1.00. The van der Waals surface area contributed by atoms with Crippen molar-refractivity contribution in [3.8, 4) is 0 Å². The SMILES string of the molecule is Cl.O=S1(=O)CCC2(COCCN2)C1. The Kier molecular flexibility index (Phi) is 3.22. The van der Waals surface area contributed by atoms with Crippen LogP contribution in [0.3, 0.4) is 0 Å². The van der Waals surface area contributed by atoms with Gasteiger partial charge in [0.15, 0.2) is 9.84 Å². The van der Waals surface area contributed by atoms with E-state index in [4.69, 9.17) is 4.74 Å². The van der Waals surface area contributed by atoms with Gasteiger partial charge in [0.25, 0.3) is 0 Å². The van der Waals surface area contributed by atoms with E-state index in [2.05, 4.69) is 5.32 Å². The topological polar surface area (TPSA) is 55.4 Å². The molecule has 2 aliphatic rings. The normalized spacial score (nSPS) is 37.2. The van der Waals surface area contributed by atoms with Crippen molar-refractivity contribution in [3.63, 3.8) is 0 Å². The Labute approximate surface area is 84.4 Å². The smallest absolute Gasteiger partial charge is 0.152 e. The van der Waals surface area contributed by atoms with Gasteiger partial charge in [-0.3, -0.25) is 0 Å². The minimum absolute atomic E-state index is 0. The van der Waals surface area contributed by atoms with Crippen LogP contribution >= 0.6 is 12.4 Å². The Morgan fingerprint density at radius 1 is 1.38 bits per heavy atom. The molecule has 0 radical (unpaired) electrons. The van der Waals surface area contributed by atoms with Crippen LogP contribution in [0.15, 0.2) is 0 Å². The first-order valence-corrected chi connectivity index (χ1v) is 5.97. The minimum atomic E-state index is -2.80. The lowest BCUT2D eigenvalue weighted by Gasteiger charge is -2.33. The molecule has 6 heteroatoms. The highest BCUT2D eigenvalue weighted by Crippen LogP contribution is 2.25. The van der Waals surface area contributed by atoms with Crippen molar-refractivity contribution in [2.75, 3.05) is 31.3 Å². The number of rotatable bonds is 0. The Balaban J connectivity index is 0.000000845.